The van der Waals surface area contributed by atoms with Gasteiger partial charge in [0.15, 0.2) is 0 Å². The molecule has 0 aromatic rings. The van der Waals surface area contributed by atoms with Crippen molar-refractivity contribution in [3.63, 3.8) is 0 Å². The monoisotopic (exact) mass is 254 g/mol. The van der Waals surface area contributed by atoms with E-state index in [1.165, 1.54) is 6.42 Å². The maximum atomic E-state index is 12.2. The fourth-order valence-corrected chi connectivity index (χ4v) is 2.82. The molecule has 0 aliphatic carbocycles. The van der Waals surface area contributed by atoms with Gasteiger partial charge in [0.2, 0.25) is 5.91 Å². The van der Waals surface area contributed by atoms with Crippen LogP contribution in [0.4, 0.5) is 0 Å². The molecule has 1 heterocycles. The fourth-order valence-electron chi connectivity index (χ4n) is 2.82. The van der Waals surface area contributed by atoms with Crippen LogP contribution in [0.2, 0.25) is 0 Å². The van der Waals surface area contributed by atoms with Crippen LogP contribution in [0.5, 0.6) is 0 Å². The van der Waals surface area contributed by atoms with E-state index in [1.54, 1.807) is 0 Å². The van der Waals surface area contributed by atoms with Crippen molar-refractivity contribution in [3.8, 4) is 0 Å². The first-order chi connectivity index (χ1) is 8.40. The van der Waals surface area contributed by atoms with Gasteiger partial charge < -0.3 is 10.6 Å². The number of carbonyl (C=O) groups excluding carboxylic acids is 1. The van der Waals surface area contributed by atoms with Crippen LogP contribution >= 0.6 is 0 Å². The number of nitrogens with one attached hydrogen (secondary N) is 2. The normalized spacial score (nSPS) is 30.2. The van der Waals surface area contributed by atoms with Crippen molar-refractivity contribution in [2.45, 2.75) is 53.5 Å². The molecule has 3 nitrogen and oxygen atoms in total. The summed E-state index contributed by atoms with van der Waals surface area (Å²) in [4.78, 5) is 12.2. The first-order valence-corrected chi connectivity index (χ1v) is 7.41. The van der Waals surface area contributed by atoms with Crippen molar-refractivity contribution < 1.29 is 4.79 Å². The average molecular weight is 254 g/mol. The topological polar surface area (TPSA) is 41.1 Å². The quantitative estimate of drug-likeness (QED) is 0.809. The molecule has 0 radical (unpaired) electrons. The van der Waals surface area contributed by atoms with Gasteiger partial charge in [-0.1, -0.05) is 27.7 Å². The van der Waals surface area contributed by atoms with Crippen molar-refractivity contribution in [2.75, 3.05) is 13.1 Å². The Kier molecular flexibility index (Phi) is 6.13. The summed E-state index contributed by atoms with van der Waals surface area (Å²) in [5.74, 6) is 2.17. The number of amides is 1. The van der Waals surface area contributed by atoms with E-state index in [0.29, 0.717) is 17.8 Å². The molecule has 1 aliphatic rings. The lowest BCUT2D eigenvalue weighted by molar-refractivity contribution is -0.127. The molecule has 3 atom stereocenters. The third-order valence-electron chi connectivity index (χ3n) is 3.76. The smallest absolute Gasteiger partial charge is 0.224 e. The van der Waals surface area contributed by atoms with Crippen molar-refractivity contribution in [2.24, 2.45) is 23.7 Å². The van der Waals surface area contributed by atoms with Gasteiger partial charge in [0.25, 0.3) is 0 Å². The molecule has 1 fully saturated rings. The molecule has 3 heteroatoms. The van der Waals surface area contributed by atoms with Gasteiger partial charge in [-0.25, -0.2) is 0 Å². The SMILES string of the molecule is CC(C)CC1CNC(=O)C(CC(C)C)C(C)NC1. The molecular weight excluding hydrogens is 224 g/mol. The molecule has 3 unspecified atom stereocenters. The van der Waals surface area contributed by atoms with Crippen LogP contribution in [0.1, 0.15) is 47.5 Å². The maximum Gasteiger partial charge on any atom is 0.224 e. The van der Waals surface area contributed by atoms with Crippen LogP contribution in [-0.2, 0) is 4.79 Å². The summed E-state index contributed by atoms with van der Waals surface area (Å²) in [6.45, 7) is 12.8. The Balaban J connectivity index is 2.58. The van der Waals surface area contributed by atoms with Crippen LogP contribution in [-0.4, -0.2) is 25.0 Å². The molecule has 18 heavy (non-hydrogen) atoms. The summed E-state index contributed by atoms with van der Waals surface area (Å²) in [6, 6.07) is 0.280. The first kappa shape index (κ1) is 15.5. The molecule has 1 amide bonds. The number of hydrogen-bond donors (Lipinski definition) is 2. The first-order valence-electron chi connectivity index (χ1n) is 7.41. The molecule has 0 saturated carbocycles. The van der Waals surface area contributed by atoms with Gasteiger partial charge >= 0.3 is 0 Å². The number of carbonyl (C=O) groups is 1. The summed E-state index contributed by atoms with van der Waals surface area (Å²) in [6.07, 6.45) is 2.14. The van der Waals surface area contributed by atoms with E-state index in [4.69, 9.17) is 0 Å². The third kappa shape index (κ3) is 4.97. The van der Waals surface area contributed by atoms with Crippen molar-refractivity contribution in [3.05, 3.63) is 0 Å². The largest absolute Gasteiger partial charge is 0.355 e. The minimum atomic E-state index is 0.116. The molecule has 1 aliphatic heterocycles. The second-order valence-electron chi connectivity index (χ2n) is 6.67. The van der Waals surface area contributed by atoms with Gasteiger partial charge in [0.1, 0.15) is 0 Å². The molecule has 0 aromatic heterocycles. The molecule has 106 valence electrons. The standard InChI is InChI=1S/C15H30N2O/c1-10(2)6-13-8-16-12(5)14(7-11(3)4)15(18)17-9-13/h10-14,16H,6-9H2,1-5H3,(H,17,18). The van der Waals surface area contributed by atoms with Crippen LogP contribution in [0.25, 0.3) is 0 Å². The Hall–Kier alpha value is -0.570. The molecular formula is C15H30N2O. The van der Waals surface area contributed by atoms with Gasteiger partial charge in [-0.15, -0.1) is 0 Å². The van der Waals surface area contributed by atoms with E-state index < -0.39 is 0 Å². The van der Waals surface area contributed by atoms with Crippen LogP contribution in [0.3, 0.4) is 0 Å². The Labute approximate surface area is 112 Å². The summed E-state index contributed by atoms with van der Waals surface area (Å²) in [7, 11) is 0. The predicted molar refractivity (Wildman–Crippen MR) is 76.4 cm³/mol. The highest BCUT2D eigenvalue weighted by Crippen LogP contribution is 2.19. The summed E-state index contributed by atoms with van der Waals surface area (Å²) < 4.78 is 0. The van der Waals surface area contributed by atoms with E-state index in [1.807, 2.05) is 0 Å². The highest BCUT2D eigenvalue weighted by molar-refractivity contribution is 5.79. The summed E-state index contributed by atoms with van der Waals surface area (Å²) >= 11 is 0. The zero-order chi connectivity index (χ0) is 13.7. The molecule has 1 saturated heterocycles. The van der Waals surface area contributed by atoms with Gasteiger partial charge in [-0.2, -0.15) is 0 Å². The Morgan fingerprint density at radius 2 is 1.72 bits per heavy atom. The second kappa shape index (κ2) is 7.13. The second-order valence-corrected chi connectivity index (χ2v) is 6.67. The van der Waals surface area contributed by atoms with Gasteiger partial charge in [-0.3, -0.25) is 4.79 Å². The van der Waals surface area contributed by atoms with E-state index >= 15 is 0 Å². The lowest BCUT2D eigenvalue weighted by atomic mass is 9.88. The predicted octanol–water partition coefficient (Wildman–Crippen LogP) is 2.42. The fraction of sp³-hybridized carbons (Fsp3) is 0.933. The molecule has 1 rings (SSSR count). The van der Waals surface area contributed by atoms with Crippen molar-refractivity contribution in [1.29, 1.82) is 0 Å². The van der Waals surface area contributed by atoms with E-state index in [0.717, 1.165) is 19.5 Å². The van der Waals surface area contributed by atoms with Gasteiger partial charge in [0, 0.05) is 12.6 Å². The Bertz CT molecular complexity index is 263. The van der Waals surface area contributed by atoms with Crippen molar-refractivity contribution in [1.82, 2.24) is 10.6 Å². The minimum absolute atomic E-state index is 0.116. The van der Waals surface area contributed by atoms with Crippen LogP contribution in [0, 0.1) is 23.7 Å². The summed E-state index contributed by atoms with van der Waals surface area (Å²) in [5.41, 5.74) is 0. The lowest BCUT2D eigenvalue weighted by Crippen LogP contribution is -2.50. The molecule has 0 aromatic carbocycles. The molecule has 2 N–H and O–H groups in total. The summed E-state index contributed by atoms with van der Waals surface area (Å²) in [5, 5.41) is 6.71. The van der Waals surface area contributed by atoms with E-state index in [9.17, 15) is 4.79 Å². The van der Waals surface area contributed by atoms with Gasteiger partial charge in [-0.05, 0) is 44.1 Å². The molecule has 0 spiro atoms. The number of rotatable bonds is 4. The lowest BCUT2D eigenvalue weighted by Gasteiger charge is -2.32. The third-order valence-corrected chi connectivity index (χ3v) is 3.76. The van der Waals surface area contributed by atoms with E-state index in [-0.39, 0.29) is 17.9 Å². The highest BCUT2D eigenvalue weighted by Gasteiger charge is 2.28. The molecule has 0 bridgehead atoms. The van der Waals surface area contributed by atoms with Crippen LogP contribution in [0.15, 0.2) is 0 Å². The minimum Gasteiger partial charge on any atom is -0.355 e. The average Bonchev–Trinajstić information content (AvgIpc) is 2.26. The zero-order valence-electron chi connectivity index (χ0n) is 12.6. The van der Waals surface area contributed by atoms with Crippen molar-refractivity contribution >= 4 is 5.91 Å². The maximum absolute atomic E-state index is 12.2. The Morgan fingerprint density at radius 1 is 1.11 bits per heavy atom. The van der Waals surface area contributed by atoms with Crippen LogP contribution < -0.4 is 10.6 Å². The highest BCUT2D eigenvalue weighted by atomic mass is 16.1. The van der Waals surface area contributed by atoms with Gasteiger partial charge in [0.05, 0.1) is 5.92 Å². The zero-order valence-corrected chi connectivity index (χ0v) is 12.6. The number of hydrogen-bond acceptors (Lipinski definition) is 2. The Morgan fingerprint density at radius 3 is 2.28 bits per heavy atom. The van der Waals surface area contributed by atoms with E-state index in [2.05, 4.69) is 45.3 Å².